The second kappa shape index (κ2) is 6.64. The summed E-state index contributed by atoms with van der Waals surface area (Å²) in [6, 6.07) is 12.9. The normalized spacial score (nSPS) is 10.5. The fourth-order valence-electron chi connectivity index (χ4n) is 2.16. The van der Waals surface area contributed by atoms with E-state index in [4.69, 9.17) is 11.6 Å². The summed E-state index contributed by atoms with van der Waals surface area (Å²) >= 11 is 5.91. The van der Waals surface area contributed by atoms with Crippen LogP contribution in [-0.4, -0.2) is 6.03 Å². The molecule has 110 valence electrons. The Morgan fingerprint density at radius 2 is 1.71 bits per heavy atom. The number of aryl methyl sites for hydroxylation is 1. The van der Waals surface area contributed by atoms with Crippen LogP contribution >= 0.6 is 11.6 Å². The predicted molar refractivity (Wildman–Crippen MR) is 89.4 cm³/mol. The molecule has 0 aliphatic rings. The highest BCUT2D eigenvalue weighted by Gasteiger charge is 2.10. The zero-order valence-corrected chi connectivity index (χ0v) is 13.2. The van der Waals surface area contributed by atoms with Gasteiger partial charge >= 0.3 is 6.03 Å². The van der Waals surface area contributed by atoms with Crippen LogP contribution in [-0.2, 0) is 0 Å². The Labute approximate surface area is 130 Å². The number of hydrogen-bond acceptors (Lipinski definition) is 1. The highest BCUT2D eigenvalue weighted by molar-refractivity contribution is 6.30. The molecule has 2 amide bonds. The smallest absolute Gasteiger partial charge is 0.307 e. The summed E-state index contributed by atoms with van der Waals surface area (Å²) in [4.78, 5) is 12.1. The van der Waals surface area contributed by atoms with E-state index in [0.29, 0.717) is 10.9 Å². The molecule has 4 heteroatoms. The second-order valence-corrected chi connectivity index (χ2v) is 5.72. The largest absolute Gasteiger partial charge is 0.323 e. The van der Waals surface area contributed by atoms with Crippen LogP contribution in [0.5, 0.6) is 0 Å². The number of urea groups is 1. The SMILES string of the molecule is Cc1cc(Cl)ccc1NC(=O)Nc1ccccc1C(C)C. The summed E-state index contributed by atoms with van der Waals surface area (Å²) in [6.45, 7) is 6.10. The second-order valence-electron chi connectivity index (χ2n) is 5.28. The van der Waals surface area contributed by atoms with Gasteiger partial charge in [-0.2, -0.15) is 0 Å². The minimum Gasteiger partial charge on any atom is -0.307 e. The molecule has 0 atom stereocenters. The third-order valence-electron chi connectivity index (χ3n) is 3.27. The summed E-state index contributed by atoms with van der Waals surface area (Å²) in [5, 5.41) is 6.40. The average Bonchev–Trinajstić information content (AvgIpc) is 2.42. The third kappa shape index (κ3) is 3.99. The topological polar surface area (TPSA) is 41.1 Å². The quantitative estimate of drug-likeness (QED) is 0.781. The molecule has 0 unspecified atom stereocenters. The van der Waals surface area contributed by atoms with Gasteiger partial charge in [0.15, 0.2) is 0 Å². The van der Waals surface area contributed by atoms with Crippen molar-refractivity contribution in [2.24, 2.45) is 0 Å². The van der Waals surface area contributed by atoms with E-state index in [1.807, 2.05) is 37.3 Å². The molecular formula is C17H19ClN2O. The van der Waals surface area contributed by atoms with Crippen LogP contribution < -0.4 is 10.6 Å². The molecule has 0 aliphatic carbocycles. The number of amides is 2. The maximum Gasteiger partial charge on any atom is 0.323 e. The molecule has 0 saturated heterocycles. The summed E-state index contributed by atoms with van der Waals surface area (Å²) in [7, 11) is 0. The fraction of sp³-hybridized carbons (Fsp3) is 0.235. The van der Waals surface area contributed by atoms with Crippen molar-refractivity contribution >= 4 is 29.0 Å². The van der Waals surface area contributed by atoms with E-state index < -0.39 is 0 Å². The molecule has 0 spiro atoms. The number of nitrogens with one attached hydrogen (secondary N) is 2. The first kappa shape index (κ1) is 15.4. The summed E-state index contributed by atoms with van der Waals surface area (Å²) < 4.78 is 0. The van der Waals surface area contributed by atoms with Gasteiger partial charge in [-0.1, -0.05) is 43.6 Å². The molecule has 3 nitrogen and oxygen atoms in total. The molecule has 0 saturated carbocycles. The van der Waals surface area contributed by atoms with E-state index in [9.17, 15) is 4.79 Å². The Hall–Kier alpha value is -2.00. The lowest BCUT2D eigenvalue weighted by atomic mass is 10.0. The van der Waals surface area contributed by atoms with Crippen LogP contribution in [0.25, 0.3) is 0 Å². The molecule has 0 radical (unpaired) electrons. The Morgan fingerprint density at radius 3 is 2.38 bits per heavy atom. The Balaban J connectivity index is 2.12. The highest BCUT2D eigenvalue weighted by Crippen LogP contribution is 2.24. The average molecular weight is 303 g/mol. The van der Waals surface area contributed by atoms with Gasteiger partial charge in [-0.15, -0.1) is 0 Å². The summed E-state index contributed by atoms with van der Waals surface area (Å²) in [6.07, 6.45) is 0. The van der Waals surface area contributed by atoms with Gasteiger partial charge in [0.25, 0.3) is 0 Å². The number of para-hydroxylation sites is 1. The zero-order valence-electron chi connectivity index (χ0n) is 12.4. The first-order valence-electron chi connectivity index (χ1n) is 6.90. The minimum atomic E-state index is -0.256. The van der Waals surface area contributed by atoms with Crippen molar-refractivity contribution in [3.63, 3.8) is 0 Å². The van der Waals surface area contributed by atoms with Gasteiger partial charge < -0.3 is 10.6 Å². The maximum atomic E-state index is 12.1. The first-order valence-corrected chi connectivity index (χ1v) is 7.28. The number of benzene rings is 2. The molecule has 0 fully saturated rings. The van der Waals surface area contributed by atoms with Gasteiger partial charge in [0, 0.05) is 16.4 Å². The number of carbonyl (C=O) groups excluding carboxylic acids is 1. The number of rotatable bonds is 3. The Bertz CT molecular complexity index is 653. The van der Waals surface area contributed by atoms with E-state index >= 15 is 0 Å². The van der Waals surface area contributed by atoms with Crippen molar-refractivity contribution in [2.75, 3.05) is 10.6 Å². The zero-order chi connectivity index (χ0) is 15.4. The molecule has 0 aromatic heterocycles. The van der Waals surface area contributed by atoms with Crippen molar-refractivity contribution in [1.82, 2.24) is 0 Å². The molecule has 2 aromatic rings. The van der Waals surface area contributed by atoms with Gasteiger partial charge in [-0.05, 0) is 48.2 Å². The predicted octanol–water partition coefficient (Wildman–Crippen LogP) is 5.42. The summed E-state index contributed by atoms with van der Waals surface area (Å²) in [5.41, 5.74) is 3.62. The Morgan fingerprint density at radius 1 is 1.05 bits per heavy atom. The third-order valence-corrected chi connectivity index (χ3v) is 3.50. The van der Waals surface area contributed by atoms with E-state index in [2.05, 4.69) is 24.5 Å². The van der Waals surface area contributed by atoms with Crippen LogP contribution in [0.15, 0.2) is 42.5 Å². The monoisotopic (exact) mass is 302 g/mol. The molecule has 2 rings (SSSR count). The van der Waals surface area contributed by atoms with Crippen LogP contribution in [0.4, 0.5) is 16.2 Å². The molecular weight excluding hydrogens is 284 g/mol. The van der Waals surface area contributed by atoms with Gasteiger partial charge in [0.05, 0.1) is 0 Å². The molecule has 2 aromatic carbocycles. The minimum absolute atomic E-state index is 0.256. The van der Waals surface area contributed by atoms with Crippen molar-refractivity contribution in [2.45, 2.75) is 26.7 Å². The van der Waals surface area contributed by atoms with Crippen molar-refractivity contribution in [3.8, 4) is 0 Å². The molecule has 0 bridgehead atoms. The first-order chi connectivity index (χ1) is 9.97. The van der Waals surface area contributed by atoms with Gasteiger partial charge in [0.2, 0.25) is 0 Å². The van der Waals surface area contributed by atoms with Gasteiger partial charge in [0.1, 0.15) is 0 Å². The lowest BCUT2D eigenvalue weighted by Gasteiger charge is -2.15. The van der Waals surface area contributed by atoms with E-state index in [0.717, 1.165) is 22.5 Å². The maximum absolute atomic E-state index is 12.1. The fourth-order valence-corrected chi connectivity index (χ4v) is 2.38. The van der Waals surface area contributed by atoms with Gasteiger partial charge in [-0.25, -0.2) is 4.79 Å². The van der Waals surface area contributed by atoms with E-state index in [1.165, 1.54) is 0 Å². The molecule has 21 heavy (non-hydrogen) atoms. The number of halogens is 1. The van der Waals surface area contributed by atoms with Crippen molar-refractivity contribution in [3.05, 3.63) is 58.6 Å². The van der Waals surface area contributed by atoms with Crippen LogP contribution in [0, 0.1) is 6.92 Å². The Kier molecular flexibility index (Phi) is 4.86. The van der Waals surface area contributed by atoms with E-state index in [1.54, 1.807) is 12.1 Å². The van der Waals surface area contributed by atoms with Crippen molar-refractivity contribution < 1.29 is 4.79 Å². The van der Waals surface area contributed by atoms with Crippen LogP contribution in [0.2, 0.25) is 5.02 Å². The van der Waals surface area contributed by atoms with Gasteiger partial charge in [-0.3, -0.25) is 0 Å². The van der Waals surface area contributed by atoms with Crippen LogP contribution in [0.1, 0.15) is 30.9 Å². The lowest BCUT2D eigenvalue weighted by molar-refractivity contribution is 0.262. The van der Waals surface area contributed by atoms with E-state index in [-0.39, 0.29) is 6.03 Å². The molecule has 2 N–H and O–H groups in total. The number of anilines is 2. The number of carbonyl (C=O) groups is 1. The lowest BCUT2D eigenvalue weighted by Crippen LogP contribution is -2.20. The molecule has 0 aliphatic heterocycles. The van der Waals surface area contributed by atoms with Crippen molar-refractivity contribution in [1.29, 1.82) is 0 Å². The molecule has 0 heterocycles. The summed E-state index contributed by atoms with van der Waals surface area (Å²) in [5.74, 6) is 0.346. The highest BCUT2D eigenvalue weighted by atomic mass is 35.5. The number of hydrogen-bond donors (Lipinski definition) is 2. The standard InChI is InChI=1S/C17H19ClN2O/c1-11(2)14-6-4-5-7-16(14)20-17(21)19-15-9-8-13(18)10-12(15)3/h4-11H,1-3H3,(H2,19,20,21). The van der Waals surface area contributed by atoms with Crippen LogP contribution in [0.3, 0.4) is 0 Å².